The molecule has 4 aromatic rings. The van der Waals surface area contributed by atoms with Crippen LogP contribution < -0.4 is 20.9 Å². The third-order valence-corrected chi connectivity index (χ3v) is 14.3. The second-order valence-electron chi connectivity index (χ2n) is 18.5. The number of imide groups is 2. The zero-order valence-corrected chi connectivity index (χ0v) is 36.1. The molecule has 1 saturated carbocycles. The highest BCUT2D eigenvalue weighted by Gasteiger charge is 2.45. The number of piperidine rings is 3. The Balaban J connectivity index is 0.621. The van der Waals surface area contributed by atoms with Gasteiger partial charge in [-0.05, 0) is 114 Å². The van der Waals surface area contributed by atoms with E-state index in [4.69, 9.17) is 0 Å². The molecule has 0 unspecified atom stereocenters. The molecule has 0 spiro atoms. The number of likely N-dealkylation sites (tertiary alicyclic amines) is 2. The largest absolute Gasteiger partial charge is 0.370 e. The SMILES string of the molecule is Cc1cccc(C(=O)NC2CC(n3cnc4c(NCCC5CCN(CC6CCN(C(=O)C7CN(c8ccc9c(c8)C(=O)N([C@H]8CCC(=O)NC8=O)C9=O)C7)CC6)CC5)ncnc43)C2)n1. The normalized spacial score (nSPS) is 23.5. The van der Waals surface area contributed by atoms with Crippen LogP contribution in [-0.4, -0.2) is 139 Å². The van der Waals surface area contributed by atoms with E-state index in [1.54, 1.807) is 30.6 Å². The Labute approximate surface area is 370 Å². The zero-order chi connectivity index (χ0) is 44.1. The van der Waals surface area contributed by atoms with E-state index in [0.717, 1.165) is 117 Å². The Kier molecular flexibility index (Phi) is 11.3. The predicted octanol–water partition coefficient (Wildman–Crippen LogP) is 2.95. The fourth-order valence-electron chi connectivity index (χ4n) is 10.4. The maximum Gasteiger partial charge on any atom is 0.270 e. The van der Waals surface area contributed by atoms with Crippen molar-refractivity contribution in [2.24, 2.45) is 17.8 Å². The molecule has 1 aromatic carbocycles. The Hall–Kier alpha value is -6.30. The van der Waals surface area contributed by atoms with E-state index >= 15 is 0 Å². The van der Waals surface area contributed by atoms with Gasteiger partial charge in [0.1, 0.15) is 23.6 Å². The van der Waals surface area contributed by atoms with Gasteiger partial charge in [0.05, 0.1) is 23.4 Å². The Morgan fingerprint density at radius 2 is 1.62 bits per heavy atom. The van der Waals surface area contributed by atoms with E-state index in [0.29, 0.717) is 30.6 Å². The summed E-state index contributed by atoms with van der Waals surface area (Å²) < 4.78 is 2.10. The van der Waals surface area contributed by atoms with Gasteiger partial charge in [-0.2, -0.15) is 0 Å². The van der Waals surface area contributed by atoms with E-state index in [9.17, 15) is 28.8 Å². The number of pyridine rings is 1. The highest BCUT2D eigenvalue weighted by molar-refractivity contribution is 6.23. The number of aromatic nitrogens is 5. The predicted molar refractivity (Wildman–Crippen MR) is 234 cm³/mol. The number of hydrogen-bond donors (Lipinski definition) is 3. The quantitative estimate of drug-likeness (QED) is 0.175. The number of benzene rings is 1. The van der Waals surface area contributed by atoms with Crippen LogP contribution in [0.3, 0.4) is 0 Å². The number of rotatable bonds is 12. The summed E-state index contributed by atoms with van der Waals surface area (Å²) in [5, 5.41) is 8.87. The summed E-state index contributed by atoms with van der Waals surface area (Å²) in [5.41, 5.74) is 4.10. The Bertz CT molecular complexity index is 2500. The van der Waals surface area contributed by atoms with Gasteiger partial charge in [-0.1, -0.05) is 6.07 Å². The van der Waals surface area contributed by atoms with Crippen molar-refractivity contribution in [2.45, 2.75) is 82.8 Å². The van der Waals surface area contributed by atoms with Gasteiger partial charge in [0.2, 0.25) is 17.7 Å². The van der Waals surface area contributed by atoms with Crippen LogP contribution in [0.4, 0.5) is 11.5 Å². The van der Waals surface area contributed by atoms with Crippen LogP contribution >= 0.6 is 0 Å². The number of carbonyl (C=O) groups is 6. The lowest BCUT2D eigenvalue weighted by Crippen LogP contribution is -2.56. The van der Waals surface area contributed by atoms with Crippen molar-refractivity contribution in [1.29, 1.82) is 0 Å². The zero-order valence-electron chi connectivity index (χ0n) is 36.1. The minimum atomic E-state index is -1.00. The minimum absolute atomic E-state index is 0.0729. The number of fused-ring (bicyclic) bond motifs is 2. The second kappa shape index (κ2) is 17.3. The van der Waals surface area contributed by atoms with Crippen molar-refractivity contribution >= 4 is 58.1 Å². The van der Waals surface area contributed by atoms with Gasteiger partial charge >= 0.3 is 0 Å². The molecule has 8 heterocycles. The first kappa shape index (κ1) is 41.7. The molecule has 6 aliphatic rings. The molecule has 0 bridgehead atoms. The summed E-state index contributed by atoms with van der Waals surface area (Å²) in [7, 11) is 0. The van der Waals surface area contributed by atoms with Crippen molar-refractivity contribution in [2.75, 3.05) is 62.6 Å². The topological polar surface area (TPSA) is 208 Å². The van der Waals surface area contributed by atoms with Gasteiger partial charge in [-0.15, -0.1) is 0 Å². The summed E-state index contributed by atoms with van der Waals surface area (Å²) in [4.78, 5) is 102. The smallest absolute Gasteiger partial charge is 0.270 e. The maximum atomic E-state index is 13.5. The molecule has 3 aromatic heterocycles. The van der Waals surface area contributed by atoms with Crippen LogP contribution in [0.15, 0.2) is 49.1 Å². The molecule has 64 heavy (non-hydrogen) atoms. The monoisotopic (exact) mass is 870 g/mol. The summed E-state index contributed by atoms with van der Waals surface area (Å²) in [6.07, 6.45) is 10.6. The van der Waals surface area contributed by atoms with Gasteiger partial charge in [0, 0.05) is 69.2 Å². The average molecular weight is 871 g/mol. The standard InChI is InChI=1S/C46H54N12O6/c1-27-3-2-4-36(51-27)42(60)52-31-19-33(20-31)57-26-50-39-40(48-25-49-41(39)57)47-14-9-28-10-15-54(16-11-28)22-29-12-17-55(18-13-29)44(62)30-23-56(24-30)32-5-6-34-35(21-32)46(64)58(45(34)63)37-7-8-38(59)53-43(37)61/h2-6,21,25-26,28-31,33,37H,7-20,22-24H2,1H3,(H,52,60)(H,47,48,49)(H,53,59,61)/t31?,33?,37-/m0/s1. The molecule has 18 heteroatoms. The molecule has 6 amide bonds. The van der Waals surface area contributed by atoms with E-state index in [1.807, 2.05) is 35.2 Å². The van der Waals surface area contributed by atoms with Crippen LogP contribution in [0.2, 0.25) is 0 Å². The van der Waals surface area contributed by atoms with Crippen molar-refractivity contribution < 1.29 is 28.8 Å². The molecule has 334 valence electrons. The van der Waals surface area contributed by atoms with Gasteiger partial charge < -0.3 is 29.9 Å². The molecule has 18 nitrogen and oxygen atoms in total. The lowest BCUT2D eigenvalue weighted by Gasteiger charge is -2.44. The fraction of sp³-hybridized carbons (Fsp3) is 0.522. The summed E-state index contributed by atoms with van der Waals surface area (Å²) in [6.45, 7) is 8.59. The van der Waals surface area contributed by atoms with E-state index in [1.165, 1.54) is 0 Å². The van der Waals surface area contributed by atoms with Crippen LogP contribution in [0.1, 0.15) is 101 Å². The molecule has 5 fully saturated rings. The molecule has 3 N–H and O–H groups in total. The molecular formula is C46H54N12O6. The molecular weight excluding hydrogens is 817 g/mol. The lowest BCUT2D eigenvalue weighted by molar-refractivity contribution is -0.138. The summed E-state index contributed by atoms with van der Waals surface area (Å²) >= 11 is 0. The van der Waals surface area contributed by atoms with E-state index in [-0.39, 0.29) is 53.8 Å². The van der Waals surface area contributed by atoms with Crippen molar-refractivity contribution in [3.8, 4) is 0 Å². The molecule has 0 radical (unpaired) electrons. The third-order valence-electron chi connectivity index (χ3n) is 14.3. The molecule has 10 rings (SSSR count). The van der Waals surface area contributed by atoms with Crippen LogP contribution in [0.5, 0.6) is 0 Å². The van der Waals surface area contributed by atoms with Gasteiger partial charge in [0.25, 0.3) is 17.7 Å². The highest BCUT2D eigenvalue weighted by atomic mass is 16.2. The molecule has 5 aliphatic heterocycles. The number of anilines is 2. The van der Waals surface area contributed by atoms with Crippen LogP contribution in [-0.2, 0) is 14.4 Å². The Morgan fingerprint density at radius 1 is 0.859 bits per heavy atom. The van der Waals surface area contributed by atoms with Crippen molar-refractivity contribution in [1.82, 2.24) is 49.8 Å². The average Bonchev–Trinajstić information content (AvgIpc) is 3.80. The number of hydrogen-bond acceptors (Lipinski definition) is 13. The Morgan fingerprint density at radius 3 is 2.39 bits per heavy atom. The van der Waals surface area contributed by atoms with Gasteiger partial charge in [0.15, 0.2) is 11.5 Å². The third kappa shape index (κ3) is 8.18. The number of nitrogens with zero attached hydrogens (tertiary/aromatic N) is 9. The highest BCUT2D eigenvalue weighted by Crippen LogP contribution is 2.36. The number of carbonyl (C=O) groups excluding carboxylic acids is 6. The fourth-order valence-corrected chi connectivity index (χ4v) is 10.4. The summed E-state index contributed by atoms with van der Waals surface area (Å²) in [6, 6.07) is 9.86. The van der Waals surface area contributed by atoms with Gasteiger partial charge in [-0.25, -0.2) is 19.9 Å². The number of nitrogens with one attached hydrogen (secondary N) is 3. The lowest BCUT2D eigenvalue weighted by atomic mass is 9.86. The second-order valence-corrected chi connectivity index (χ2v) is 18.5. The van der Waals surface area contributed by atoms with Crippen molar-refractivity contribution in [3.63, 3.8) is 0 Å². The van der Waals surface area contributed by atoms with E-state index in [2.05, 4.69) is 45.4 Å². The van der Waals surface area contributed by atoms with E-state index < -0.39 is 29.7 Å². The first-order valence-corrected chi connectivity index (χ1v) is 22.8. The first-order valence-electron chi connectivity index (χ1n) is 22.8. The minimum Gasteiger partial charge on any atom is -0.370 e. The molecule has 4 saturated heterocycles. The molecule has 1 aliphatic carbocycles. The number of imidazole rings is 1. The van der Waals surface area contributed by atoms with Gasteiger partial charge in [-0.3, -0.25) is 39.0 Å². The molecule has 1 atom stereocenters. The van der Waals surface area contributed by atoms with Crippen LogP contribution in [0.25, 0.3) is 11.2 Å². The maximum absolute atomic E-state index is 13.5. The summed E-state index contributed by atoms with van der Waals surface area (Å²) in [5.74, 6) is -0.188. The number of amides is 6. The first-order chi connectivity index (χ1) is 31.1. The van der Waals surface area contributed by atoms with Crippen LogP contribution in [0, 0.1) is 24.7 Å². The van der Waals surface area contributed by atoms with Crippen molar-refractivity contribution in [3.05, 3.63) is 71.6 Å². The number of aryl methyl sites for hydroxylation is 1.